The highest BCUT2D eigenvalue weighted by atomic mass is 16.4. The Labute approximate surface area is 139 Å². The largest absolute Gasteiger partial charge is 0.481 e. The van der Waals surface area contributed by atoms with E-state index in [2.05, 4.69) is 13.5 Å². The van der Waals surface area contributed by atoms with Gasteiger partial charge < -0.3 is 10.2 Å². The fourth-order valence-electron chi connectivity index (χ4n) is 7.62. The molecule has 4 fully saturated rings. The molecule has 7 atom stereocenters. The van der Waals surface area contributed by atoms with Crippen LogP contribution in [-0.2, 0) is 4.79 Å². The molecule has 3 nitrogen and oxygen atoms in total. The molecule has 4 rings (SSSR count). The number of carboxylic acid groups (broad SMARTS) is 1. The third-order valence-corrected chi connectivity index (χ3v) is 8.70. The summed E-state index contributed by atoms with van der Waals surface area (Å²) in [5.74, 6) is 0.581. The summed E-state index contributed by atoms with van der Waals surface area (Å²) in [5, 5.41) is 20.9. The first-order chi connectivity index (χ1) is 10.8. The maximum atomic E-state index is 12.0. The maximum Gasteiger partial charge on any atom is 0.309 e. The van der Waals surface area contributed by atoms with Crippen molar-refractivity contribution in [3.63, 3.8) is 0 Å². The molecule has 128 valence electrons. The Balaban J connectivity index is 1.78. The summed E-state index contributed by atoms with van der Waals surface area (Å²) in [6.45, 7) is 8.53. The molecule has 3 heteroatoms. The molecule has 4 saturated carbocycles. The summed E-state index contributed by atoms with van der Waals surface area (Å²) in [5.41, 5.74) is 0.514. The molecule has 23 heavy (non-hydrogen) atoms. The summed E-state index contributed by atoms with van der Waals surface area (Å²) in [7, 11) is 0. The van der Waals surface area contributed by atoms with Crippen molar-refractivity contribution in [2.75, 3.05) is 0 Å². The molecule has 0 radical (unpaired) electrons. The van der Waals surface area contributed by atoms with Gasteiger partial charge in [-0.3, -0.25) is 4.79 Å². The van der Waals surface area contributed by atoms with E-state index in [4.69, 9.17) is 0 Å². The molecule has 0 aromatic rings. The Morgan fingerprint density at radius 2 is 1.87 bits per heavy atom. The van der Waals surface area contributed by atoms with Crippen molar-refractivity contribution < 1.29 is 15.0 Å². The van der Waals surface area contributed by atoms with Gasteiger partial charge in [0, 0.05) is 5.41 Å². The summed E-state index contributed by atoms with van der Waals surface area (Å²) >= 11 is 0. The lowest BCUT2D eigenvalue weighted by Gasteiger charge is -2.63. The number of aliphatic hydroxyl groups excluding tert-OH is 1. The molecule has 0 aromatic carbocycles. The van der Waals surface area contributed by atoms with E-state index in [1.54, 1.807) is 0 Å². The molecule has 1 spiro atoms. The van der Waals surface area contributed by atoms with Crippen LogP contribution in [0.25, 0.3) is 0 Å². The van der Waals surface area contributed by atoms with Crippen molar-refractivity contribution in [3.05, 3.63) is 12.2 Å². The van der Waals surface area contributed by atoms with E-state index in [9.17, 15) is 15.0 Å². The first-order valence-corrected chi connectivity index (χ1v) is 9.36. The highest BCUT2D eigenvalue weighted by Crippen LogP contribution is 2.72. The molecule has 0 aliphatic heterocycles. The van der Waals surface area contributed by atoms with Gasteiger partial charge in [0.05, 0.1) is 11.5 Å². The van der Waals surface area contributed by atoms with Crippen LogP contribution in [0.3, 0.4) is 0 Å². The second-order valence-electron chi connectivity index (χ2n) is 9.41. The van der Waals surface area contributed by atoms with Crippen LogP contribution < -0.4 is 0 Å². The Kier molecular flexibility index (Phi) is 3.15. The van der Waals surface area contributed by atoms with Crippen molar-refractivity contribution in [3.8, 4) is 0 Å². The lowest BCUT2D eigenvalue weighted by atomic mass is 9.40. The molecule has 4 aliphatic rings. The van der Waals surface area contributed by atoms with Crippen molar-refractivity contribution >= 4 is 5.97 Å². The van der Waals surface area contributed by atoms with Crippen LogP contribution in [0.5, 0.6) is 0 Å². The van der Waals surface area contributed by atoms with Gasteiger partial charge in [0.2, 0.25) is 0 Å². The second-order valence-corrected chi connectivity index (χ2v) is 9.41. The van der Waals surface area contributed by atoms with E-state index < -0.39 is 11.4 Å². The lowest BCUT2D eigenvalue weighted by molar-refractivity contribution is -0.190. The molecule has 0 aromatic heterocycles. The maximum absolute atomic E-state index is 12.0. The van der Waals surface area contributed by atoms with Crippen molar-refractivity contribution in [1.82, 2.24) is 0 Å². The fourth-order valence-corrected chi connectivity index (χ4v) is 7.62. The van der Waals surface area contributed by atoms with E-state index in [0.717, 1.165) is 56.9 Å². The smallest absolute Gasteiger partial charge is 0.309 e. The zero-order valence-corrected chi connectivity index (χ0v) is 14.5. The van der Waals surface area contributed by atoms with Gasteiger partial charge in [-0.1, -0.05) is 19.9 Å². The Hall–Kier alpha value is -0.830. The molecule has 0 unspecified atom stereocenters. The average molecular weight is 318 g/mol. The van der Waals surface area contributed by atoms with Crippen molar-refractivity contribution in [2.24, 2.45) is 34.0 Å². The first-order valence-electron chi connectivity index (χ1n) is 9.36. The third kappa shape index (κ3) is 1.72. The van der Waals surface area contributed by atoms with Crippen molar-refractivity contribution in [1.29, 1.82) is 0 Å². The number of rotatable bonds is 1. The van der Waals surface area contributed by atoms with Gasteiger partial charge >= 0.3 is 5.97 Å². The lowest BCUT2D eigenvalue weighted by Crippen LogP contribution is -2.60. The summed E-state index contributed by atoms with van der Waals surface area (Å²) in [4.78, 5) is 12.0. The molecule has 2 bridgehead atoms. The highest BCUT2D eigenvalue weighted by Gasteiger charge is 2.67. The van der Waals surface area contributed by atoms with Crippen LogP contribution >= 0.6 is 0 Å². The predicted molar refractivity (Wildman–Crippen MR) is 88.8 cm³/mol. The molecular formula is C20H30O3. The van der Waals surface area contributed by atoms with E-state index >= 15 is 0 Å². The quantitative estimate of drug-likeness (QED) is 0.718. The zero-order chi connectivity index (χ0) is 16.6. The van der Waals surface area contributed by atoms with Crippen LogP contribution in [0.4, 0.5) is 0 Å². The molecule has 0 heterocycles. The van der Waals surface area contributed by atoms with Gasteiger partial charge in [0.1, 0.15) is 0 Å². The number of carboxylic acids is 1. The monoisotopic (exact) mass is 318 g/mol. The minimum Gasteiger partial charge on any atom is -0.481 e. The normalized spacial score (nSPS) is 55.2. The highest BCUT2D eigenvalue weighted by molar-refractivity contribution is 5.75. The SMILES string of the molecule is C=C1[C@@H]2CC[C@H]3[C@]4(C)CCC[C@@](C)(C(=O)O)[C@@H]4CC[C@]3(C2)[C@@H]1O. The topological polar surface area (TPSA) is 57.5 Å². The van der Waals surface area contributed by atoms with Gasteiger partial charge in [-0.15, -0.1) is 0 Å². The molecule has 0 saturated heterocycles. The first kappa shape index (κ1) is 15.7. The van der Waals surface area contributed by atoms with Crippen LogP contribution in [0, 0.1) is 34.0 Å². The zero-order valence-electron chi connectivity index (χ0n) is 14.5. The van der Waals surface area contributed by atoms with Gasteiger partial charge in [-0.25, -0.2) is 0 Å². The van der Waals surface area contributed by atoms with Crippen LogP contribution in [0.2, 0.25) is 0 Å². The Bertz CT molecular complexity index is 569. The standard InChI is InChI=1S/C20H30O3/c1-12-13-5-6-15-18(2)8-4-9-19(3,17(22)23)14(18)7-10-20(15,11-13)16(12)21/h13-16,21H,1,4-11H2,2-3H3,(H,22,23)/t13-,14-,15+,16-,18-,19-,20-/m1/s1. The Morgan fingerprint density at radius 3 is 2.57 bits per heavy atom. The van der Waals surface area contributed by atoms with Crippen LogP contribution in [-0.4, -0.2) is 22.3 Å². The average Bonchev–Trinajstić information content (AvgIpc) is 2.68. The molecule has 4 aliphatic carbocycles. The third-order valence-electron chi connectivity index (χ3n) is 8.70. The van der Waals surface area contributed by atoms with E-state index in [-0.39, 0.29) is 22.9 Å². The van der Waals surface area contributed by atoms with E-state index in [0.29, 0.717) is 11.8 Å². The number of hydrogen-bond donors (Lipinski definition) is 2. The van der Waals surface area contributed by atoms with Crippen molar-refractivity contribution in [2.45, 2.75) is 71.3 Å². The number of carbonyl (C=O) groups is 1. The molecule has 0 amide bonds. The molecular weight excluding hydrogens is 288 g/mol. The minimum atomic E-state index is -0.616. The fraction of sp³-hybridized carbons (Fsp3) is 0.850. The van der Waals surface area contributed by atoms with Crippen LogP contribution in [0.1, 0.15) is 65.2 Å². The number of aliphatic carboxylic acids is 1. The van der Waals surface area contributed by atoms with Crippen LogP contribution in [0.15, 0.2) is 12.2 Å². The van der Waals surface area contributed by atoms with Gasteiger partial charge in [0.25, 0.3) is 0 Å². The van der Waals surface area contributed by atoms with E-state index in [1.165, 1.54) is 0 Å². The minimum absolute atomic E-state index is 0.0119. The predicted octanol–water partition coefficient (Wildman–Crippen LogP) is 4.01. The number of aliphatic hydroxyl groups is 1. The number of hydrogen-bond acceptors (Lipinski definition) is 2. The van der Waals surface area contributed by atoms with E-state index in [1.807, 2.05) is 6.92 Å². The number of fused-ring (bicyclic) bond motifs is 3. The summed E-state index contributed by atoms with van der Waals surface area (Å²) in [6.07, 6.45) is 7.86. The molecule has 2 N–H and O–H groups in total. The Morgan fingerprint density at radius 1 is 1.13 bits per heavy atom. The van der Waals surface area contributed by atoms with Gasteiger partial charge in [-0.05, 0) is 80.6 Å². The summed E-state index contributed by atoms with van der Waals surface area (Å²) in [6, 6.07) is 0. The van der Waals surface area contributed by atoms with Gasteiger partial charge in [0.15, 0.2) is 0 Å². The second kappa shape index (κ2) is 4.62. The summed E-state index contributed by atoms with van der Waals surface area (Å²) < 4.78 is 0. The van der Waals surface area contributed by atoms with Gasteiger partial charge in [-0.2, -0.15) is 0 Å².